The third kappa shape index (κ3) is 3.18. The first-order chi connectivity index (χ1) is 10.9. The Balaban J connectivity index is 1.82. The number of piperidine rings is 1. The lowest BCUT2D eigenvalue weighted by atomic mass is 9.98. The minimum absolute atomic E-state index is 0.0256. The van der Waals surface area contributed by atoms with Crippen LogP contribution < -0.4 is 0 Å². The van der Waals surface area contributed by atoms with Gasteiger partial charge in [-0.15, -0.1) is 0 Å². The normalized spacial score (nSPS) is 26.0. The van der Waals surface area contributed by atoms with Crippen LogP contribution in [0.5, 0.6) is 0 Å². The molecule has 1 aromatic heterocycles. The van der Waals surface area contributed by atoms with Crippen molar-refractivity contribution in [2.45, 2.75) is 24.7 Å². The van der Waals surface area contributed by atoms with Crippen LogP contribution in [0.25, 0.3) is 0 Å². The number of pyridine rings is 1. The van der Waals surface area contributed by atoms with Crippen LogP contribution in [-0.4, -0.2) is 66.1 Å². The van der Waals surface area contributed by atoms with Gasteiger partial charge >= 0.3 is 6.18 Å². The number of rotatable bonds is 1. The third-order valence-corrected chi connectivity index (χ3v) is 4.51. The average molecular weight is 329 g/mol. The number of hydrogen-bond donors (Lipinski definition) is 0. The molecular formula is C15H18F3N3O2. The quantitative estimate of drug-likeness (QED) is 0.786. The second-order valence-electron chi connectivity index (χ2n) is 5.92. The fourth-order valence-corrected chi connectivity index (χ4v) is 3.20. The van der Waals surface area contributed by atoms with E-state index in [2.05, 4.69) is 9.88 Å². The van der Waals surface area contributed by atoms with Crippen LogP contribution in [-0.2, 0) is 10.9 Å². The van der Waals surface area contributed by atoms with Crippen LogP contribution in [0.3, 0.4) is 0 Å². The van der Waals surface area contributed by atoms with Crippen LogP contribution >= 0.6 is 0 Å². The number of aromatic nitrogens is 1. The van der Waals surface area contributed by atoms with Gasteiger partial charge in [0.15, 0.2) is 0 Å². The Kier molecular flexibility index (Phi) is 4.29. The Hall–Kier alpha value is -1.67. The van der Waals surface area contributed by atoms with Crippen molar-refractivity contribution in [3.05, 3.63) is 29.6 Å². The number of fused-ring (bicyclic) bond motifs is 1. The summed E-state index contributed by atoms with van der Waals surface area (Å²) in [7, 11) is 1.95. The molecule has 2 aliphatic rings. The number of likely N-dealkylation sites (N-methyl/N-ethyl adjacent to an activating group) is 1. The van der Waals surface area contributed by atoms with Gasteiger partial charge in [0.2, 0.25) is 0 Å². The van der Waals surface area contributed by atoms with E-state index < -0.39 is 17.6 Å². The highest BCUT2D eigenvalue weighted by molar-refractivity contribution is 5.95. The minimum Gasteiger partial charge on any atom is -0.375 e. The van der Waals surface area contributed by atoms with Crippen molar-refractivity contribution in [3.8, 4) is 0 Å². The lowest BCUT2D eigenvalue weighted by Crippen LogP contribution is -2.59. The predicted octanol–water partition coefficient (Wildman–Crippen LogP) is 1.65. The van der Waals surface area contributed by atoms with E-state index in [1.807, 2.05) is 7.05 Å². The van der Waals surface area contributed by atoms with Crippen molar-refractivity contribution >= 4 is 5.91 Å². The molecule has 0 bridgehead atoms. The van der Waals surface area contributed by atoms with E-state index in [9.17, 15) is 18.0 Å². The molecule has 0 aromatic carbocycles. The van der Waals surface area contributed by atoms with Gasteiger partial charge in [0.05, 0.1) is 29.9 Å². The standard InChI is InChI=1S/C15H18F3N3O2/c1-20-6-7-23-13-3-5-21(9-12(13)20)14(22)10-2-4-19-8-11(10)15(16,17)18/h2,4,8,12-13H,3,5-7,9H2,1H3/t12-,13+/m0/s1. The molecule has 126 valence electrons. The SMILES string of the molecule is CN1CCO[C@@H]2CCN(C(=O)c3ccncc3C(F)(F)F)C[C@@H]21. The zero-order valence-corrected chi connectivity index (χ0v) is 12.7. The van der Waals surface area contributed by atoms with Gasteiger partial charge in [0, 0.05) is 32.0 Å². The molecule has 23 heavy (non-hydrogen) atoms. The monoisotopic (exact) mass is 329 g/mol. The van der Waals surface area contributed by atoms with E-state index >= 15 is 0 Å². The molecule has 2 saturated heterocycles. The molecule has 0 unspecified atom stereocenters. The summed E-state index contributed by atoms with van der Waals surface area (Å²) >= 11 is 0. The molecule has 2 fully saturated rings. The molecule has 3 rings (SSSR count). The van der Waals surface area contributed by atoms with Gasteiger partial charge < -0.3 is 9.64 Å². The molecule has 1 aromatic rings. The van der Waals surface area contributed by atoms with Gasteiger partial charge in [0.1, 0.15) is 0 Å². The molecule has 2 aliphatic heterocycles. The maximum atomic E-state index is 13.1. The van der Waals surface area contributed by atoms with E-state index in [4.69, 9.17) is 4.74 Å². The number of hydrogen-bond acceptors (Lipinski definition) is 4. The Morgan fingerprint density at radius 1 is 1.39 bits per heavy atom. The van der Waals surface area contributed by atoms with Gasteiger partial charge in [-0.1, -0.05) is 0 Å². The van der Waals surface area contributed by atoms with Crippen molar-refractivity contribution in [2.75, 3.05) is 33.3 Å². The highest BCUT2D eigenvalue weighted by Gasteiger charge is 2.40. The lowest BCUT2D eigenvalue weighted by Gasteiger charge is -2.45. The van der Waals surface area contributed by atoms with Crippen molar-refractivity contribution in [1.29, 1.82) is 0 Å². The van der Waals surface area contributed by atoms with Gasteiger partial charge in [0.25, 0.3) is 5.91 Å². The molecule has 0 spiro atoms. The molecule has 0 aliphatic carbocycles. The number of carbonyl (C=O) groups excluding carboxylic acids is 1. The highest BCUT2D eigenvalue weighted by Crippen LogP contribution is 2.32. The Morgan fingerprint density at radius 2 is 2.17 bits per heavy atom. The lowest BCUT2D eigenvalue weighted by molar-refractivity contribution is -0.138. The number of morpholine rings is 1. The van der Waals surface area contributed by atoms with Crippen molar-refractivity contribution < 1.29 is 22.7 Å². The van der Waals surface area contributed by atoms with Gasteiger partial charge in [-0.2, -0.15) is 13.2 Å². The van der Waals surface area contributed by atoms with E-state index in [1.165, 1.54) is 11.1 Å². The van der Waals surface area contributed by atoms with E-state index in [0.29, 0.717) is 32.3 Å². The number of likely N-dealkylation sites (tertiary alicyclic amines) is 1. The molecule has 3 heterocycles. The number of nitrogens with zero attached hydrogens (tertiary/aromatic N) is 3. The molecule has 8 heteroatoms. The molecule has 0 N–H and O–H groups in total. The summed E-state index contributed by atoms with van der Waals surface area (Å²) in [6, 6.07) is 1.16. The topological polar surface area (TPSA) is 45.7 Å². The Labute approximate surface area is 132 Å². The molecule has 2 atom stereocenters. The first-order valence-corrected chi connectivity index (χ1v) is 7.50. The number of halogens is 3. The summed E-state index contributed by atoms with van der Waals surface area (Å²) in [5.41, 5.74) is -1.33. The van der Waals surface area contributed by atoms with Crippen molar-refractivity contribution in [3.63, 3.8) is 0 Å². The first kappa shape index (κ1) is 16.2. The molecule has 0 saturated carbocycles. The third-order valence-electron chi connectivity index (χ3n) is 4.51. The maximum absolute atomic E-state index is 13.1. The smallest absolute Gasteiger partial charge is 0.375 e. The second-order valence-corrected chi connectivity index (χ2v) is 5.92. The second kappa shape index (κ2) is 6.09. The Bertz CT molecular complexity index is 594. The van der Waals surface area contributed by atoms with E-state index in [-0.39, 0.29) is 17.7 Å². The summed E-state index contributed by atoms with van der Waals surface area (Å²) in [6.07, 6.45) is -2.01. The fraction of sp³-hybridized carbons (Fsp3) is 0.600. The van der Waals surface area contributed by atoms with Crippen LogP contribution in [0, 0.1) is 0 Å². The van der Waals surface area contributed by atoms with Crippen molar-refractivity contribution in [2.24, 2.45) is 0 Å². The van der Waals surface area contributed by atoms with Crippen LogP contribution in [0.15, 0.2) is 18.5 Å². The fourth-order valence-electron chi connectivity index (χ4n) is 3.20. The van der Waals surface area contributed by atoms with E-state index in [1.54, 1.807) is 0 Å². The van der Waals surface area contributed by atoms with Gasteiger partial charge in [-0.05, 0) is 19.5 Å². The van der Waals surface area contributed by atoms with Crippen LogP contribution in [0.4, 0.5) is 13.2 Å². The maximum Gasteiger partial charge on any atom is 0.418 e. The largest absolute Gasteiger partial charge is 0.418 e. The summed E-state index contributed by atoms with van der Waals surface area (Å²) in [6.45, 7) is 2.17. The van der Waals surface area contributed by atoms with E-state index in [0.717, 1.165) is 12.6 Å². The summed E-state index contributed by atoms with van der Waals surface area (Å²) in [5.74, 6) is -0.600. The highest BCUT2D eigenvalue weighted by atomic mass is 19.4. The van der Waals surface area contributed by atoms with Crippen LogP contribution in [0.1, 0.15) is 22.3 Å². The molecule has 5 nitrogen and oxygen atoms in total. The Morgan fingerprint density at radius 3 is 2.91 bits per heavy atom. The number of ether oxygens (including phenoxy) is 1. The van der Waals surface area contributed by atoms with Gasteiger partial charge in [-0.3, -0.25) is 14.7 Å². The predicted molar refractivity (Wildman–Crippen MR) is 75.9 cm³/mol. The van der Waals surface area contributed by atoms with Crippen molar-refractivity contribution in [1.82, 2.24) is 14.8 Å². The zero-order chi connectivity index (χ0) is 16.6. The first-order valence-electron chi connectivity index (χ1n) is 7.50. The summed E-state index contributed by atoms with van der Waals surface area (Å²) < 4.78 is 44.9. The molecular weight excluding hydrogens is 311 g/mol. The summed E-state index contributed by atoms with van der Waals surface area (Å²) in [4.78, 5) is 19.7. The van der Waals surface area contributed by atoms with Crippen LogP contribution in [0.2, 0.25) is 0 Å². The zero-order valence-electron chi connectivity index (χ0n) is 12.7. The number of alkyl halides is 3. The number of carbonyl (C=O) groups is 1. The average Bonchev–Trinajstić information content (AvgIpc) is 2.53. The van der Waals surface area contributed by atoms with Gasteiger partial charge in [-0.25, -0.2) is 0 Å². The summed E-state index contributed by atoms with van der Waals surface area (Å²) in [5, 5.41) is 0. The number of amides is 1. The minimum atomic E-state index is -4.59. The molecule has 1 amide bonds. The molecule has 0 radical (unpaired) electrons.